The van der Waals surface area contributed by atoms with Crippen molar-refractivity contribution in [3.05, 3.63) is 0 Å². The molecule has 0 aromatic rings. The van der Waals surface area contributed by atoms with Crippen LogP contribution in [0.5, 0.6) is 0 Å². The molecular formula is C10H19NOS. The molecule has 0 radical (unpaired) electrons. The first-order valence-corrected chi connectivity index (χ1v) is 6.59. The van der Waals surface area contributed by atoms with Gasteiger partial charge in [0.15, 0.2) is 0 Å². The van der Waals surface area contributed by atoms with Crippen molar-refractivity contribution < 1.29 is 4.21 Å². The molecule has 0 aromatic carbocycles. The van der Waals surface area contributed by atoms with Crippen LogP contribution in [0.3, 0.4) is 0 Å². The summed E-state index contributed by atoms with van der Waals surface area (Å²) < 4.78 is 11.7. The first-order valence-electron chi connectivity index (χ1n) is 5.32. The Morgan fingerprint density at radius 2 is 1.69 bits per heavy atom. The zero-order chi connectivity index (χ0) is 9.42. The molecule has 0 amide bonds. The molecule has 2 rings (SSSR count). The van der Waals surface area contributed by atoms with E-state index in [0.29, 0.717) is 10.5 Å². The molecule has 1 saturated carbocycles. The summed E-state index contributed by atoms with van der Waals surface area (Å²) in [5, 5.41) is 0.758. The van der Waals surface area contributed by atoms with E-state index in [-0.39, 0.29) is 0 Å². The summed E-state index contributed by atoms with van der Waals surface area (Å²) in [6.07, 6.45) is 4.13. The van der Waals surface area contributed by atoms with Crippen molar-refractivity contribution in [2.45, 2.75) is 49.7 Å². The SMILES string of the molecule is CC1CN(C2CCC2)CC(C)S1=O. The van der Waals surface area contributed by atoms with Crippen LogP contribution >= 0.6 is 0 Å². The van der Waals surface area contributed by atoms with Gasteiger partial charge in [0.1, 0.15) is 0 Å². The maximum absolute atomic E-state index is 11.7. The lowest BCUT2D eigenvalue weighted by Gasteiger charge is -2.43. The van der Waals surface area contributed by atoms with Crippen LogP contribution in [0.15, 0.2) is 0 Å². The van der Waals surface area contributed by atoms with Crippen LogP contribution in [0.1, 0.15) is 33.1 Å². The highest BCUT2D eigenvalue weighted by molar-refractivity contribution is 7.86. The lowest BCUT2D eigenvalue weighted by molar-refractivity contribution is 0.124. The van der Waals surface area contributed by atoms with Crippen molar-refractivity contribution in [3.63, 3.8) is 0 Å². The fourth-order valence-electron chi connectivity index (χ4n) is 2.33. The van der Waals surface area contributed by atoms with Gasteiger partial charge in [-0.2, -0.15) is 0 Å². The second kappa shape index (κ2) is 3.70. The smallest absolute Gasteiger partial charge is 0.0450 e. The van der Waals surface area contributed by atoms with E-state index in [1.165, 1.54) is 19.3 Å². The molecule has 0 N–H and O–H groups in total. The Hall–Kier alpha value is 0.110. The van der Waals surface area contributed by atoms with Crippen molar-refractivity contribution >= 4 is 10.8 Å². The monoisotopic (exact) mass is 201 g/mol. The zero-order valence-electron chi connectivity index (χ0n) is 8.53. The molecule has 1 aliphatic carbocycles. The summed E-state index contributed by atoms with van der Waals surface area (Å²) in [4.78, 5) is 2.56. The maximum Gasteiger partial charge on any atom is 0.0450 e. The molecule has 1 heterocycles. The van der Waals surface area contributed by atoms with Gasteiger partial charge in [-0.15, -0.1) is 0 Å². The van der Waals surface area contributed by atoms with Crippen LogP contribution in [0.4, 0.5) is 0 Å². The molecule has 2 aliphatic rings. The van der Waals surface area contributed by atoms with E-state index >= 15 is 0 Å². The van der Waals surface area contributed by atoms with Gasteiger partial charge in [-0.05, 0) is 26.7 Å². The topological polar surface area (TPSA) is 20.3 Å². The molecule has 76 valence electrons. The van der Waals surface area contributed by atoms with Gasteiger partial charge >= 0.3 is 0 Å². The van der Waals surface area contributed by atoms with Crippen LogP contribution in [0, 0.1) is 0 Å². The minimum Gasteiger partial charge on any atom is -0.298 e. The quantitative estimate of drug-likeness (QED) is 0.639. The van der Waals surface area contributed by atoms with Crippen LogP contribution in [-0.4, -0.2) is 38.7 Å². The third kappa shape index (κ3) is 1.82. The summed E-state index contributed by atoms with van der Waals surface area (Å²) in [5.74, 6) is 0. The standard InChI is InChI=1S/C10H19NOS/c1-8-6-11(10-4-3-5-10)7-9(2)13(8)12/h8-10H,3-7H2,1-2H3. The predicted molar refractivity (Wildman–Crippen MR) is 56.3 cm³/mol. The Kier molecular flexibility index (Phi) is 2.75. The zero-order valence-corrected chi connectivity index (χ0v) is 9.35. The Bertz CT molecular complexity index is 201. The number of nitrogens with zero attached hydrogens (tertiary/aromatic N) is 1. The second-order valence-corrected chi connectivity index (χ2v) is 6.75. The van der Waals surface area contributed by atoms with Crippen LogP contribution < -0.4 is 0 Å². The van der Waals surface area contributed by atoms with Crippen LogP contribution in [0.25, 0.3) is 0 Å². The van der Waals surface area contributed by atoms with Gasteiger partial charge in [0.25, 0.3) is 0 Å². The van der Waals surface area contributed by atoms with E-state index in [2.05, 4.69) is 18.7 Å². The summed E-state index contributed by atoms with van der Waals surface area (Å²) in [6, 6.07) is 0.821. The molecule has 13 heavy (non-hydrogen) atoms. The minimum absolute atomic E-state index is 0.379. The molecule has 2 nitrogen and oxygen atoms in total. The highest BCUT2D eigenvalue weighted by atomic mass is 32.2. The average Bonchev–Trinajstić information content (AvgIpc) is 1.96. The van der Waals surface area contributed by atoms with Gasteiger partial charge in [0.2, 0.25) is 0 Å². The second-order valence-electron chi connectivity index (χ2n) is 4.49. The highest BCUT2D eigenvalue weighted by Crippen LogP contribution is 2.28. The lowest BCUT2D eigenvalue weighted by Crippen LogP contribution is -2.53. The van der Waals surface area contributed by atoms with E-state index in [4.69, 9.17) is 0 Å². The van der Waals surface area contributed by atoms with Gasteiger partial charge in [-0.25, -0.2) is 0 Å². The third-order valence-electron chi connectivity index (χ3n) is 3.37. The summed E-state index contributed by atoms with van der Waals surface area (Å²) in [6.45, 7) is 6.36. The van der Waals surface area contributed by atoms with E-state index in [0.717, 1.165) is 19.1 Å². The number of rotatable bonds is 1. The summed E-state index contributed by atoms with van der Waals surface area (Å²) in [7, 11) is -0.587. The average molecular weight is 201 g/mol. The largest absolute Gasteiger partial charge is 0.298 e. The van der Waals surface area contributed by atoms with Crippen molar-refractivity contribution in [3.8, 4) is 0 Å². The first-order chi connectivity index (χ1) is 6.18. The van der Waals surface area contributed by atoms with Crippen molar-refractivity contribution in [1.82, 2.24) is 4.90 Å². The molecular weight excluding hydrogens is 182 g/mol. The number of hydrogen-bond acceptors (Lipinski definition) is 2. The number of hydrogen-bond donors (Lipinski definition) is 0. The van der Waals surface area contributed by atoms with E-state index in [1.807, 2.05) is 0 Å². The van der Waals surface area contributed by atoms with E-state index in [1.54, 1.807) is 0 Å². The van der Waals surface area contributed by atoms with Crippen molar-refractivity contribution in [2.75, 3.05) is 13.1 Å². The van der Waals surface area contributed by atoms with Gasteiger partial charge in [0, 0.05) is 40.4 Å². The van der Waals surface area contributed by atoms with Crippen molar-refractivity contribution in [2.24, 2.45) is 0 Å². The Balaban J connectivity index is 1.96. The maximum atomic E-state index is 11.7. The van der Waals surface area contributed by atoms with E-state index in [9.17, 15) is 4.21 Å². The lowest BCUT2D eigenvalue weighted by atomic mass is 9.91. The Labute approximate surface area is 83.1 Å². The molecule has 3 heteroatoms. The summed E-state index contributed by atoms with van der Waals surface area (Å²) >= 11 is 0. The Morgan fingerprint density at radius 1 is 1.15 bits per heavy atom. The molecule has 0 bridgehead atoms. The molecule has 1 aliphatic heterocycles. The molecule has 2 unspecified atom stereocenters. The first kappa shape index (κ1) is 9.66. The van der Waals surface area contributed by atoms with Gasteiger partial charge in [0.05, 0.1) is 0 Å². The molecule has 0 spiro atoms. The van der Waals surface area contributed by atoms with Crippen LogP contribution in [0.2, 0.25) is 0 Å². The molecule has 0 aromatic heterocycles. The van der Waals surface area contributed by atoms with Crippen LogP contribution in [-0.2, 0) is 10.8 Å². The fraction of sp³-hybridized carbons (Fsp3) is 1.00. The van der Waals surface area contributed by atoms with E-state index < -0.39 is 10.8 Å². The molecule has 2 atom stereocenters. The predicted octanol–water partition coefficient (Wildman–Crippen LogP) is 1.38. The minimum atomic E-state index is -0.587. The molecule has 2 fully saturated rings. The van der Waals surface area contributed by atoms with Gasteiger partial charge in [-0.1, -0.05) is 6.42 Å². The van der Waals surface area contributed by atoms with Gasteiger partial charge in [-0.3, -0.25) is 9.11 Å². The fourth-order valence-corrected chi connectivity index (χ4v) is 3.80. The Morgan fingerprint density at radius 3 is 2.08 bits per heavy atom. The van der Waals surface area contributed by atoms with Gasteiger partial charge < -0.3 is 0 Å². The van der Waals surface area contributed by atoms with Crippen molar-refractivity contribution in [1.29, 1.82) is 0 Å². The normalized spacial score (nSPS) is 43.1. The molecule has 1 saturated heterocycles. The summed E-state index contributed by atoms with van der Waals surface area (Å²) in [5.41, 5.74) is 0. The third-order valence-corrected chi connectivity index (χ3v) is 5.25. The highest BCUT2D eigenvalue weighted by Gasteiger charge is 2.34.